The lowest BCUT2D eigenvalue weighted by molar-refractivity contribution is 0.426. The summed E-state index contributed by atoms with van der Waals surface area (Å²) < 4.78 is 5.33. The van der Waals surface area contributed by atoms with Crippen molar-refractivity contribution >= 4 is 12.6 Å². The average molecular weight is 273 g/mol. The van der Waals surface area contributed by atoms with Crippen molar-refractivity contribution < 1.29 is 4.52 Å². The van der Waals surface area contributed by atoms with Crippen LogP contribution in [0.1, 0.15) is 49.3 Å². The monoisotopic (exact) mass is 273 g/mol. The first-order valence-corrected chi connectivity index (χ1v) is 7.67. The summed E-state index contributed by atoms with van der Waals surface area (Å²) in [7, 11) is 0. The standard InChI is InChI=1S/C16H19NOS/c19-11-15-10-16(18-17-15)14-8-6-13(7-9-14)12-4-2-1-3-5-12/h6-10,12,19H,1-5,11H2. The molecule has 0 unspecified atom stereocenters. The molecule has 0 N–H and O–H groups in total. The summed E-state index contributed by atoms with van der Waals surface area (Å²) in [4.78, 5) is 0. The molecule has 1 aliphatic carbocycles. The van der Waals surface area contributed by atoms with E-state index in [9.17, 15) is 0 Å². The lowest BCUT2D eigenvalue weighted by atomic mass is 9.84. The Kier molecular flexibility index (Phi) is 3.92. The number of nitrogens with zero attached hydrogens (tertiary/aromatic N) is 1. The number of hydrogen-bond acceptors (Lipinski definition) is 3. The summed E-state index contributed by atoms with van der Waals surface area (Å²) >= 11 is 4.20. The van der Waals surface area contributed by atoms with Crippen molar-refractivity contribution in [2.24, 2.45) is 0 Å². The van der Waals surface area contributed by atoms with Gasteiger partial charge in [0.1, 0.15) is 0 Å². The molecule has 19 heavy (non-hydrogen) atoms. The maximum atomic E-state index is 5.33. The highest BCUT2D eigenvalue weighted by Crippen LogP contribution is 2.33. The molecule has 1 heterocycles. The van der Waals surface area contributed by atoms with Crippen LogP contribution < -0.4 is 0 Å². The van der Waals surface area contributed by atoms with E-state index >= 15 is 0 Å². The van der Waals surface area contributed by atoms with E-state index in [1.807, 2.05) is 6.07 Å². The number of hydrogen-bond donors (Lipinski definition) is 1. The molecule has 2 aromatic rings. The van der Waals surface area contributed by atoms with Crippen LogP contribution in [-0.2, 0) is 5.75 Å². The predicted octanol–water partition coefficient (Wildman–Crippen LogP) is 4.82. The molecule has 1 aliphatic rings. The van der Waals surface area contributed by atoms with Crippen molar-refractivity contribution in [3.05, 3.63) is 41.6 Å². The Balaban J connectivity index is 1.78. The summed E-state index contributed by atoms with van der Waals surface area (Å²) in [5.41, 5.74) is 3.45. The van der Waals surface area contributed by atoms with Gasteiger partial charge in [0.2, 0.25) is 0 Å². The summed E-state index contributed by atoms with van der Waals surface area (Å²) in [5, 5.41) is 3.97. The number of thiol groups is 1. The molecule has 0 spiro atoms. The summed E-state index contributed by atoms with van der Waals surface area (Å²) in [6, 6.07) is 10.7. The van der Waals surface area contributed by atoms with Gasteiger partial charge in [-0.2, -0.15) is 12.6 Å². The van der Waals surface area contributed by atoms with E-state index < -0.39 is 0 Å². The molecule has 1 aromatic carbocycles. The third-order valence-corrected chi connectivity index (χ3v) is 4.32. The van der Waals surface area contributed by atoms with Gasteiger partial charge >= 0.3 is 0 Å². The van der Waals surface area contributed by atoms with Gasteiger partial charge in [-0.1, -0.05) is 48.7 Å². The van der Waals surface area contributed by atoms with Gasteiger partial charge in [0, 0.05) is 17.4 Å². The van der Waals surface area contributed by atoms with Crippen molar-refractivity contribution in [2.75, 3.05) is 0 Å². The van der Waals surface area contributed by atoms with Crippen LogP contribution >= 0.6 is 12.6 Å². The highest BCUT2D eigenvalue weighted by Gasteiger charge is 2.15. The van der Waals surface area contributed by atoms with Crippen LogP contribution in [0.5, 0.6) is 0 Å². The normalized spacial score (nSPS) is 16.7. The van der Waals surface area contributed by atoms with Crippen LogP contribution in [0.4, 0.5) is 0 Å². The minimum absolute atomic E-state index is 0.615. The Bertz CT molecular complexity index is 526. The molecule has 0 bridgehead atoms. The van der Waals surface area contributed by atoms with Crippen LogP contribution in [0.15, 0.2) is 34.9 Å². The van der Waals surface area contributed by atoms with Crippen molar-refractivity contribution in [1.82, 2.24) is 5.16 Å². The Morgan fingerprint density at radius 2 is 1.84 bits per heavy atom. The molecule has 2 nitrogen and oxygen atoms in total. The van der Waals surface area contributed by atoms with E-state index in [1.54, 1.807) is 0 Å². The average Bonchev–Trinajstić information content (AvgIpc) is 2.97. The second-order valence-electron chi connectivity index (χ2n) is 5.30. The lowest BCUT2D eigenvalue weighted by Crippen LogP contribution is -2.04. The quantitative estimate of drug-likeness (QED) is 0.811. The lowest BCUT2D eigenvalue weighted by Gasteiger charge is -2.21. The van der Waals surface area contributed by atoms with Gasteiger partial charge in [-0.25, -0.2) is 0 Å². The zero-order valence-electron chi connectivity index (χ0n) is 11.0. The van der Waals surface area contributed by atoms with Gasteiger partial charge in [-0.15, -0.1) is 0 Å². The van der Waals surface area contributed by atoms with Crippen molar-refractivity contribution in [3.8, 4) is 11.3 Å². The second-order valence-corrected chi connectivity index (χ2v) is 5.61. The molecule has 1 aromatic heterocycles. The summed E-state index contributed by atoms with van der Waals surface area (Å²) in [6.07, 6.45) is 6.83. The first-order valence-electron chi connectivity index (χ1n) is 7.03. The van der Waals surface area contributed by atoms with Crippen LogP contribution in [0.25, 0.3) is 11.3 Å². The van der Waals surface area contributed by atoms with Crippen molar-refractivity contribution in [2.45, 2.75) is 43.8 Å². The number of rotatable bonds is 3. The SMILES string of the molecule is SCc1cc(-c2ccc(C3CCCCC3)cc2)on1. The molecule has 100 valence electrons. The van der Waals surface area contributed by atoms with Gasteiger partial charge in [-0.3, -0.25) is 0 Å². The van der Waals surface area contributed by atoms with Gasteiger partial charge in [-0.05, 0) is 24.3 Å². The molecular formula is C16H19NOS. The van der Waals surface area contributed by atoms with Crippen LogP contribution in [-0.4, -0.2) is 5.16 Å². The predicted molar refractivity (Wildman–Crippen MR) is 80.5 cm³/mol. The highest BCUT2D eigenvalue weighted by atomic mass is 32.1. The van der Waals surface area contributed by atoms with Gasteiger partial charge in [0.15, 0.2) is 5.76 Å². The zero-order chi connectivity index (χ0) is 13.1. The molecular weight excluding hydrogens is 254 g/mol. The minimum atomic E-state index is 0.615. The third kappa shape index (κ3) is 2.86. The zero-order valence-corrected chi connectivity index (χ0v) is 11.9. The Labute approximate surface area is 119 Å². The van der Waals surface area contributed by atoms with E-state index in [1.165, 1.54) is 37.7 Å². The fraction of sp³-hybridized carbons (Fsp3) is 0.438. The third-order valence-electron chi connectivity index (χ3n) is 3.99. The summed E-state index contributed by atoms with van der Waals surface area (Å²) in [5.74, 6) is 2.20. The van der Waals surface area contributed by atoms with Crippen LogP contribution in [0, 0.1) is 0 Å². The van der Waals surface area contributed by atoms with Gasteiger partial charge in [0.05, 0.1) is 5.69 Å². The Morgan fingerprint density at radius 3 is 2.47 bits per heavy atom. The highest BCUT2D eigenvalue weighted by molar-refractivity contribution is 7.79. The first kappa shape index (κ1) is 12.8. The van der Waals surface area contributed by atoms with E-state index in [-0.39, 0.29) is 0 Å². The molecule has 0 atom stereocenters. The largest absolute Gasteiger partial charge is 0.356 e. The maximum Gasteiger partial charge on any atom is 0.167 e. The number of aromatic nitrogens is 1. The smallest absolute Gasteiger partial charge is 0.167 e. The molecule has 0 saturated heterocycles. The molecule has 3 heteroatoms. The van der Waals surface area contributed by atoms with Gasteiger partial charge < -0.3 is 4.52 Å². The summed E-state index contributed by atoms with van der Waals surface area (Å²) in [6.45, 7) is 0. The van der Waals surface area contributed by atoms with Crippen LogP contribution in [0.3, 0.4) is 0 Å². The first-order chi connectivity index (χ1) is 9.36. The Morgan fingerprint density at radius 1 is 1.11 bits per heavy atom. The second kappa shape index (κ2) is 5.83. The number of benzene rings is 1. The molecule has 1 fully saturated rings. The maximum absolute atomic E-state index is 5.33. The van der Waals surface area contributed by atoms with E-state index in [2.05, 4.69) is 42.1 Å². The topological polar surface area (TPSA) is 26.0 Å². The van der Waals surface area contributed by atoms with Crippen molar-refractivity contribution in [1.29, 1.82) is 0 Å². The molecule has 0 radical (unpaired) electrons. The van der Waals surface area contributed by atoms with E-state index in [0.717, 1.165) is 22.9 Å². The fourth-order valence-electron chi connectivity index (χ4n) is 2.88. The molecule has 3 rings (SSSR count). The molecule has 0 aliphatic heterocycles. The Hall–Kier alpha value is -1.22. The van der Waals surface area contributed by atoms with Crippen molar-refractivity contribution in [3.63, 3.8) is 0 Å². The van der Waals surface area contributed by atoms with E-state index in [0.29, 0.717) is 5.75 Å². The fourth-order valence-corrected chi connectivity index (χ4v) is 3.03. The van der Waals surface area contributed by atoms with Gasteiger partial charge in [0.25, 0.3) is 0 Å². The molecule has 0 amide bonds. The molecule has 1 saturated carbocycles. The van der Waals surface area contributed by atoms with E-state index in [4.69, 9.17) is 4.52 Å². The van der Waals surface area contributed by atoms with Crippen LogP contribution in [0.2, 0.25) is 0 Å². The minimum Gasteiger partial charge on any atom is -0.356 e.